The molecule has 0 saturated heterocycles. The summed E-state index contributed by atoms with van der Waals surface area (Å²) in [7, 11) is 0. The van der Waals surface area contributed by atoms with Gasteiger partial charge in [0.2, 0.25) is 12.0 Å². The third kappa shape index (κ3) is 4.84. The predicted octanol–water partition coefficient (Wildman–Crippen LogP) is 7.29. The summed E-state index contributed by atoms with van der Waals surface area (Å²) in [5.74, 6) is 0.0911. The van der Waals surface area contributed by atoms with Gasteiger partial charge in [0, 0.05) is 21.2 Å². The number of carbonyl (C=O) groups is 1. The highest BCUT2D eigenvalue weighted by Gasteiger charge is 2.26. The van der Waals surface area contributed by atoms with E-state index in [-0.39, 0.29) is 11.6 Å². The van der Waals surface area contributed by atoms with Crippen molar-refractivity contribution >= 4 is 38.9 Å². The number of anilines is 1. The fraction of sp³-hybridized carbons (Fsp3) is 0.0370. The molecular formula is C27H19BrN2O4S. The van der Waals surface area contributed by atoms with Crippen LogP contribution in [0.1, 0.15) is 11.7 Å². The molecule has 8 heteroatoms. The number of ether oxygens (including phenoxy) is 1. The first-order valence-corrected chi connectivity index (χ1v) is 12.3. The summed E-state index contributed by atoms with van der Waals surface area (Å²) >= 11 is 4.95. The van der Waals surface area contributed by atoms with E-state index in [4.69, 9.17) is 14.9 Å². The average molecular weight is 547 g/mol. The highest BCUT2D eigenvalue weighted by molar-refractivity contribution is 9.10. The number of nitrogens with zero attached hydrogens (tertiary/aromatic N) is 1. The fourth-order valence-corrected chi connectivity index (χ4v) is 4.58. The summed E-state index contributed by atoms with van der Waals surface area (Å²) in [6.07, 6.45) is -1.27. The van der Waals surface area contributed by atoms with Crippen molar-refractivity contribution in [2.75, 3.05) is 5.73 Å². The number of nitrogens with two attached hydrogens (primary N) is 1. The standard InChI is InChI=1S/C27H19BrN2O4S/c28-18-10-8-16(9-11-18)21-12-13-22(33-21)19-15-20(23-7-4-14-35-23)30-26(24(19)29)34-25(27(31)32)17-5-2-1-3-6-17/h1-15,25H,29H2,(H,31,32). The normalized spacial score (nSPS) is 11.8. The molecule has 1 atom stereocenters. The zero-order chi connectivity index (χ0) is 24.4. The number of furan rings is 1. The molecule has 0 radical (unpaired) electrons. The Labute approximate surface area is 213 Å². The van der Waals surface area contributed by atoms with Crippen molar-refractivity contribution in [1.82, 2.24) is 4.98 Å². The minimum Gasteiger partial charge on any atom is -0.478 e. The summed E-state index contributed by atoms with van der Waals surface area (Å²) < 4.78 is 13.0. The monoisotopic (exact) mass is 546 g/mol. The first-order valence-electron chi connectivity index (χ1n) is 10.6. The second-order valence-corrected chi connectivity index (χ2v) is 9.53. The second kappa shape index (κ2) is 9.77. The van der Waals surface area contributed by atoms with Crippen LogP contribution >= 0.6 is 27.3 Å². The maximum absolute atomic E-state index is 12.1. The van der Waals surface area contributed by atoms with Gasteiger partial charge in [-0.1, -0.05) is 64.5 Å². The molecule has 0 saturated carbocycles. The lowest BCUT2D eigenvalue weighted by Gasteiger charge is -2.18. The number of thiophene rings is 1. The van der Waals surface area contributed by atoms with Gasteiger partial charge in [-0.05, 0) is 41.8 Å². The van der Waals surface area contributed by atoms with Crippen LogP contribution in [0, 0.1) is 0 Å². The van der Waals surface area contributed by atoms with E-state index in [9.17, 15) is 9.90 Å². The second-order valence-electron chi connectivity index (χ2n) is 7.67. The van der Waals surface area contributed by atoms with Crippen LogP contribution < -0.4 is 10.5 Å². The molecule has 0 aliphatic rings. The molecule has 0 fully saturated rings. The summed E-state index contributed by atoms with van der Waals surface area (Å²) in [5.41, 5.74) is 9.26. The lowest BCUT2D eigenvalue weighted by atomic mass is 10.1. The Kier molecular flexibility index (Phi) is 6.39. The zero-order valence-electron chi connectivity index (χ0n) is 18.2. The average Bonchev–Trinajstić information content (AvgIpc) is 3.57. The minimum atomic E-state index is -1.27. The van der Waals surface area contributed by atoms with Gasteiger partial charge in [0.05, 0.1) is 10.6 Å². The first kappa shape index (κ1) is 22.9. The third-order valence-electron chi connectivity index (χ3n) is 5.35. The van der Waals surface area contributed by atoms with Crippen LogP contribution in [0.2, 0.25) is 0 Å². The molecule has 3 heterocycles. The quantitative estimate of drug-likeness (QED) is 0.222. The molecule has 0 aliphatic carbocycles. The molecule has 2 aromatic carbocycles. The zero-order valence-corrected chi connectivity index (χ0v) is 20.6. The number of halogens is 1. The highest BCUT2D eigenvalue weighted by Crippen LogP contribution is 2.40. The Morgan fingerprint density at radius 2 is 1.74 bits per heavy atom. The fourth-order valence-electron chi connectivity index (χ4n) is 3.63. The van der Waals surface area contributed by atoms with Crippen molar-refractivity contribution < 1.29 is 19.1 Å². The van der Waals surface area contributed by atoms with E-state index >= 15 is 0 Å². The van der Waals surface area contributed by atoms with Gasteiger partial charge in [-0.2, -0.15) is 0 Å². The van der Waals surface area contributed by atoms with Gasteiger partial charge in [0.25, 0.3) is 0 Å². The largest absolute Gasteiger partial charge is 0.478 e. The van der Waals surface area contributed by atoms with Crippen LogP contribution in [0.4, 0.5) is 5.69 Å². The number of aliphatic carboxylic acids is 1. The van der Waals surface area contributed by atoms with Crippen molar-refractivity contribution in [2.24, 2.45) is 0 Å². The number of nitrogen functional groups attached to an aromatic ring is 1. The van der Waals surface area contributed by atoms with Crippen molar-refractivity contribution in [3.63, 3.8) is 0 Å². The van der Waals surface area contributed by atoms with Crippen LogP contribution in [0.3, 0.4) is 0 Å². The number of benzene rings is 2. The molecule has 0 bridgehead atoms. The van der Waals surface area contributed by atoms with Gasteiger partial charge < -0.3 is 20.0 Å². The Bertz CT molecular complexity index is 1470. The van der Waals surface area contributed by atoms with E-state index < -0.39 is 12.1 Å². The molecule has 174 valence electrons. The number of hydrogen-bond acceptors (Lipinski definition) is 6. The molecule has 3 N–H and O–H groups in total. The molecule has 0 aliphatic heterocycles. The van der Waals surface area contributed by atoms with Crippen LogP contribution in [0.15, 0.2) is 99.2 Å². The van der Waals surface area contributed by atoms with Gasteiger partial charge in [-0.15, -0.1) is 11.3 Å². The van der Waals surface area contributed by atoms with Crippen molar-refractivity contribution in [3.8, 4) is 39.1 Å². The van der Waals surface area contributed by atoms with Gasteiger partial charge in [0.15, 0.2) is 0 Å². The molecule has 0 spiro atoms. The van der Waals surface area contributed by atoms with Gasteiger partial charge in [0.1, 0.15) is 17.2 Å². The summed E-state index contributed by atoms with van der Waals surface area (Å²) in [6.45, 7) is 0. The molecule has 6 nitrogen and oxygen atoms in total. The number of pyridine rings is 1. The van der Waals surface area contributed by atoms with Crippen LogP contribution in [0.25, 0.3) is 33.2 Å². The van der Waals surface area contributed by atoms with E-state index in [1.165, 1.54) is 11.3 Å². The Balaban J connectivity index is 1.59. The van der Waals surface area contributed by atoms with E-state index in [0.717, 1.165) is 14.9 Å². The molecule has 3 aromatic heterocycles. The van der Waals surface area contributed by atoms with Crippen molar-refractivity contribution in [3.05, 3.63) is 100 Å². The number of carboxylic acid groups (broad SMARTS) is 1. The lowest BCUT2D eigenvalue weighted by Crippen LogP contribution is -2.19. The molecule has 35 heavy (non-hydrogen) atoms. The Hall–Kier alpha value is -3.88. The van der Waals surface area contributed by atoms with Crippen LogP contribution in [0.5, 0.6) is 5.88 Å². The summed E-state index contributed by atoms with van der Waals surface area (Å²) in [5, 5.41) is 11.8. The van der Waals surface area contributed by atoms with Gasteiger partial charge in [-0.25, -0.2) is 9.78 Å². The van der Waals surface area contributed by atoms with Gasteiger partial charge >= 0.3 is 5.97 Å². The third-order valence-corrected chi connectivity index (χ3v) is 6.77. The van der Waals surface area contributed by atoms with Crippen molar-refractivity contribution in [1.29, 1.82) is 0 Å². The van der Waals surface area contributed by atoms with Crippen molar-refractivity contribution in [2.45, 2.75) is 6.10 Å². The SMILES string of the molecule is Nc1c(-c2ccc(-c3ccc(Br)cc3)o2)cc(-c2cccs2)nc1OC(C(=O)O)c1ccccc1. The lowest BCUT2D eigenvalue weighted by molar-refractivity contribution is -0.145. The number of carboxylic acids is 1. The molecule has 0 amide bonds. The Morgan fingerprint density at radius 1 is 1.00 bits per heavy atom. The first-order chi connectivity index (χ1) is 17.0. The van der Waals surface area contributed by atoms with Crippen LogP contribution in [-0.4, -0.2) is 16.1 Å². The van der Waals surface area contributed by atoms with E-state index in [1.54, 1.807) is 24.3 Å². The van der Waals surface area contributed by atoms with E-state index in [1.807, 2.05) is 66.0 Å². The molecule has 5 aromatic rings. The maximum atomic E-state index is 12.1. The predicted molar refractivity (Wildman–Crippen MR) is 140 cm³/mol. The summed E-state index contributed by atoms with van der Waals surface area (Å²) in [6, 6.07) is 25.9. The highest BCUT2D eigenvalue weighted by atomic mass is 79.9. The molecule has 1 unspecified atom stereocenters. The number of aromatic nitrogens is 1. The maximum Gasteiger partial charge on any atom is 0.349 e. The topological polar surface area (TPSA) is 98.6 Å². The van der Waals surface area contributed by atoms with E-state index in [0.29, 0.717) is 28.3 Å². The Morgan fingerprint density at radius 3 is 2.43 bits per heavy atom. The molecule has 5 rings (SSSR count). The van der Waals surface area contributed by atoms with Crippen LogP contribution in [-0.2, 0) is 4.79 Å². The smallest absolute Gasteiger partial charge is 0.349 e. The minimum absolute atomic E-state index is 0.0312. The molecular weight excluding hydrogens is 528 g/mol. The van der Waals surface area contributed by atoms with E-state index in [2.05, 4.69) is 20.9 Å². The summed E-state index contributed by atoms with van der Waals surface area (Å²) in [4.78, 5) is 17.5. The number of hydrogen-bond donors (Lipinski definition) is 2. The van der Waals surface area contributed by atoms with Gasteiger partial charge in [-0.3, -0.25) is 0 Å². The number of rotatable bonds is 7.